The molecule has 0 heterocycles. The first-order valence-corrected chi connectivity index (χ1v) is 4.64. The normalized spacial score (nSPS) is 15.4. The molecule has 1 aliphatic rings. The molecule has 0 aromatic heterocycles. The third kappa shape index (κ3) is 2.19. The molecule has 0 unspecified atom stereocenters. The lowest BCUT2D eigenvalue weighted by molar-refractivity contribution is -0.114. The molecule has 2 rings (SSSR count). The van der Waals surface area contributed by atoms with Crippen molar-refractivity contribution in [1.82, 2.24) is 0 Å². The van der Waals surface area contributed by atoms with E-state index in [9.17, 15) is 4.79 Å². The van der Waals surface area contributed by atoms with Crippen LogP contribution in [0.3, 0.4) is 0 Å². The van der Waals surface area contributed by atoms with Gasteiger partial charge in [0.2, 0.25) is 0 Å². The molecule has 1 heteroatoms. The van der Waals surface area contributed by atoms with Crippen LogP contribution in [0.5, 0.6) is 0 Å². The first kappa shape index (κ1) is 8.95. The largest absolute Gasteiger partial charge is 0.294 e. The van der Waals surface area contributed by atoms with Crippen molar-refractivity contribution in [2.45, 2.75) is 6.42 Å². The smallest absolute Gasteiger partial charge is 0.159 e. The van der Waals surface area contributed by atoms with Gasteiger partial charge < -0.3 is 0 Å². The fourth-order valence-corrected chi connectivity index (χ4v) is 1.46. The Labute approximate surface area is 83.8 Å². The zero-order valence-electron chi connectivity index (χ0n) is 7.81. The molecule has 14 heavy (non-hydrogen) atoms. The molecule has 1 nitrogen and oxygen atoms in total. The number of carbonyl (C=O) groups excluding carboxylic acids is 1. The summed E-state index contributed by atoms with van der Waals surface area (Å²) in [5.74, 6) is 0.176. The second-order valence-electron chi connectivity index (χ2n) is 3.30. The number of rotatable bonds is 2. The van der Waals surface area contributed by atoms with Crippen LogP contribution in [-0.4, -0.2) is 5.78 Å². The van der Waals surface area contributed by atoms with Gasteiger partial charge in [-0.05, 0) is 11.6 Å². The lowest BCUT2D eigenvalue weighted by Crippen LogP contribution is -2.00. The average molecular weight is 183 g/mol. The molecule has 1 radical (unpaired) electrons. The number of ketones is 1. The van der Waals surface area contributed by atoms with Crippen LogP contribution in [0.25, 0.3) is 0 Å². The predicted octanol–water partition coefficient (Wildman–Crippen LogP) is 2.69. The summed E-state index contributed by atoms with van der Waals surface area (Å²) in [5, 5.41) is 0. The SMILES string of the molecule is O=C1C=CC=C([CH]c2ccccc2)C1. The minimum atomic E-state index is 0.176. The van der Waals surface area contributed by atoms with Crippen molar-refractivity contribution in [3.05, 3.63) is 66.1 Å². The van der Waals surface area contributed by atoms with E-state index in [1.165, 1.54) is 0 Å². The Morgan fingerprint density at radius 1 is 1.14 bits per heavy atom. The van der Waals surface area contributed by atoms with Crippen LogP contribution in [0, 0.1) is 6.42 Å². The number of carbonyl (C=O) groups is 1. The molecule has 0 bridgehead atoms. The van der Waals surface area contributed by atoms with Crippen LogP contribution in [0.2, 0.25) is 0 Å². The Bertz CT molecular complexity index is 385. The van der Waals surface area contributed by atoms with Crippen molar-refractivity contribution in [3.63, 3.8) is 0 Å². The topological polar surface area (TPSA) is 17.1 Å². The molecule has 0 saturated carbocycles. The highest BCUT2D eigenvalue weighted by Gasteiger charge is 2.07. The van der Waals surface area contributed by atoms with Crippen molar-refractivity contribution < 1.29 is 4.79 Å². The van der Waals surface area contributed by atoms with E-state index < -0.39 is 0 Å². The minimum Gasteiger partial charge on any atom is -0.294 e. The molecule has 0 N–H and O–H groups in total. The summed E-state index contributed by atoms with van der Waals surface area (Å²) in [6, 6.07) is 10.0. The third-order valence-corrected chi connectivity index (χ3v) is 2.12. The van der Waals surface area contributed by atoms with E-state index in [0.29, 0.717) is 6.42 Å². The summed E-state index contributed by atoms with van der Waals surface area (Å²) < 4.78 is 0. The van der Waals surface area contributed by atoms with Crippen LogP contribution in [0.1, 0.15) is 12.0 Å². The fraction of sp³-hybridized carbons (Fsp3) is 0.0769. The first-order valence-electron chi connectivity index (χ1n) is 4.64. The Hall–Kier alpha value is -1.63. The Morgan fingerprint density at radius 2 is 1.93 bits per heavy atom. The van der Waals surface area contributed by atoms with Crippen LogP contribution in [-0.2, 0) is 4.79 Å². The molecule has 0 fully saturated rings. The first-order chi connectivity index (χ1) is 6.84. The Morgan fingerprint density at radius 3 is 2.64 bits per heavy atom. The van der Waals surface area contributed by atoms with Crippen LogP contribution < -0.4 is 0 Å². The van der Waals surface area contributed by atoms with E-state index >= 15 is 0 Å². The highest BCUT2D eigenvalue weighted by Crippen LogP contribution is 2.17. The van der Waals surface area contributed by atoms with Gasteiger partial charge >= 0.3 is 0 Å². The molecule has 0 aliphatic heterocycles. The van der Waals surface area contributed by atoms with Gasteiger partial charge in [0.05, 0.1) is 0 Å². The quantitative estimate of drug-likeness (QED) is 0.689. The molecule has 1 aromatic rings. The average Bonchev–Trinajstić information content (AvgIpc) is 2.19. The maximum absolute atomic E-state index is 11.1. The van der Waals surface area contributed by atoms with Gasteiger partial charge in [-0.1, -0.05) is 48.1 Å². The summed E-state index contributed by atoms with van der Waals surface area (Å²) >= 11 is 0. The van der Waals surface area contributed by atoms with Crippen LogP contribution in [0.4, 0.5) is 0 Å². The lowest BCUT2D eigenvalue weighted by atomic mass is 9.97. The van der Waals surface area contributed by atoms with E-state index in [1.807, 2.05) is 42.8 Å². The second-order valence-corrected chi connectivity index (χ2v) is 3.30. The summed E-state index contributed by atoms with van der Waals surface area (Å²) in [4.78, 5) is 11.1. The van der Waals surface area contributed by atoms with Gasteiger partial charge in [0.1, 0.15) is 0 Å². The Kier molecular flexibility index (Phi) is 2.59. The zero-order valence-corrected chi connectivity index (χ0v) is 7.81. The molecular weight excluding hydrogens is 172 g/mol. The number of hydrogen-bond acceptors (Lipinski definition) is 1. The molecule has 0 saturated heterocycles. The summed E-state index contributed by atoms with van der Waals surface area (Å²) in [7, 11) is 0. The van der Waals surface area contributed by atoms with E-state index in [0.717, 1.165) is 11.1 Å². The molecule has 0 amide bonds. The molecule has 1 aromatic carbocycles. The highest BCUT2D eigenvalue weighted by atomic mass is 16.1. The molecule has 0 spiro atoms. The van der Waals surface area contributed by atoms with Gasteiger partial charge in [0.15, 0.2) is 5.78 Å². The van der Waals surface area contributed by atoms with Crippen molar-refractivity contribution in [2.24, 2.45) is 0 Å². The zero-order chi connectivity index (χ0) is 9.80. The van der Waals surface area contributed by atoms with Crippen molar-refractivity contribution in [2.75, 3.05) is 0 Å². The van der Waals surface area contributed by atoms with Gasteiger partial charge in [0, 0.05) is 12.8 Å². The summed E-state index contributed by atoms with van der Waals surface area (Å²) in [6.07, 6.45) is 7.96. The molecular formula is C13H11O. The van der Waals surface area contributed by atoms with E-state index in [2.05, 4.69) is 0 Å². The summed E-state index contributed by atoms with van der Waals surface area (Å²) in [5.41, 5.74) is 2.21. The minimum absolute atomic E-state index is 0.176. The molecule has 1 aliphatic carbocycles. The van der Waals surface area contributed by atoms with Crippen molar-refractivity contribution in [1.29, 1.82) is 0 Å². The standard InChI is InChI=1S/C13H11O/c14-13-8-4-7-12(10-13)9-11-5-2-1-3-6-11/h1-9H,10H2. The van der Waals surface area contributed by atoms with Crippen molar-refractivity contribution in [3.8, 4) is 0 Å². The number of benzene rings is 1. The van der Waals surface area contributed by atoms with Gasteiger partial charge in [-0.15, -0.1) is 0 Å². The number of hydrogen-bond donors (Lipinski definition) is 0. The maximum Gasteiger partial charge on any atom is 0.159 e. The van der Waals surface area contributed by atoms with Crippen molar-refractivity contribution >= 4 is 5.78 Å². The van der Waals surface area contributed by atoms with Gasteiger partial charge in [-0.25, -0.2) is 0 Å². The summed E-state index contributed by atoms with van der Waals surface area (Å²) in [6.45, 7) is 0. The van der Waals surface area contributed by atoms with Gasteiger partial charge in [-0.3, -0.25) is 4.79 Å². The van der Waals surface area contributed by atoms with Gasteiger partial charge in [-0.2, -0.15) is 0 Å². The third-order valence-electron chi connectivity index (χ3n) is 2.12. The van der Waals surface area contributed by atoms with Crippen LogP contribution in [0.15, 0.2) is 54.1 Å². The monoisotopic (exact) mass is 183 g/mol. The van der Waals surface area contributed by atoms with Crippen LogP contribution >= 0.6 is 0 Å². The number of allylic oxidation sites excluding steroid dienone is 4. The molecule has 69 valence electrons. The fourth-order valence-electron chi connectivity index (χ4n) is 1.46. The molecule has 0 atom stereocenters. The van der Waals surface area contributed by atoms with E-state index in [1.54, 1.807) is 12.2 Å². The Balaban J connectivity index is 2.09. The van der Waals surface area contributed by atoms with E-state index in [-0.39, 0.29) is 5.78 Å². The predicted molar refractivity (Wildman–Crippen MR) is 56.7 cm³/mol. The maximum atomic E-state index is 11.1. The van der Waals surface area contributed by atoms with Gasteiger partial charge in [0.25, 0.3) is 0 Å². The van der Waals surface area contributed by atoms with E-state index in [4.69, 9.17) is 0 Å². The lowest BCUT2D eigenvalue weighted by Gasteiger charge is -2.07. The highest BCUT2D eigenvalue weighted by molar-refractivity contribution is 5.93. The second kappa shape index (κ2) is 4.05.